The molecule has 0 aliphatic carbocycles. The lowest BCUT2D eigenvalue weighted by atomic mass is 10.1. The summed E-state index contributed by atoms with van der Waals surface area (Å²) in [5.74, 6) is 0.845. The average molecular weight is 175 g/mol. The molecule has 2 heteroatoms. The SMILES string of the molecule is C=O.CC.CC(C)CCN(C)C. The van der Waals surface area contributed by atoms with Gasteiger partial charge >= 0.3 is 0 Å². The van der Waals surface area contributed by atoms with Gasteiger partial charge in [-0.2, -0.15) is 0 Å². The molecule has 0 unspecified atom stereocenters. The molecule has 12 heavy (non-hydrogen) atoms. The molecule has 76 valence electrons. The Morgan fingerprint density at radius 1 is 1.17 bits per heavy atom. The number of nitrogens with zero attached hydrogens (tertiary/aromatic N) is 1. The smallest absolute Gasteiger partial charge is 0.106 e. The predicted molar refractivity (Wildman–Crippen MR) is 56.5 cm³/mol. The van der Waals surface area contributed by atoms with Gasteiger partial charge in [0.2, 0.25) is 0 Å². The summed E-state index contributed by atoms with van der Waals surface area (Å²) in [7, 11) is 4.23. The first-order valence-electron chi connectivity index (χ1n) is 4.56. The van der Waals surface area contributed by atoms with E-state index < -0.39 is 0 Å². The van der Waals surface area contributed by atoms with Crippen LogP contribution in [0, 0.1) is 5.92 Å². The Labute approximate surface area is 78.0 Å². The molecule has 0 saturated carbocycles. The van der Waals surface area contributed by atoms with E-state index in [0.717, 1.165) is 5.92 Å². The highest BCUT2D eigenvalue weighted by Crippen LogP contribution is 1.98. The normalized spacial score (nSPS) is 8.33. The van der Waals surface area contributed by atoms with Gasteiger partial charge in [0.15, 0.2) is 0 Å². The van der Waals surface area contributed by atoms with Gasteiger partial charge < -0.3 is 9.69 Å². The number of hydrogen-bond donors (Lipinski definition) is 0. The fourth-order valence-corrected chi connectivity index (χ4v) is 0.516. The van der Waals surface area contributed by atoms with Crippen molar-refractivity contribution in [2.75, 3.05) is 20.6 Å². The highest BCUT2D eigenvalue weighted by molar-refractivity contribution is 5.10. The van der Waals surface area contributed by atoms with Crippen molar-refractivity contribution in [1.29, 1.82) is 0 Å². The summed E-state index contributed by atoms with van der Waals surface area (Å²) in [6.07, 6.45) is 1.31. The largest absolute Gasteiger partial charge is 0.309 e. The fourth-order valence-electron chi connectivity index (χ4n) is 0.516. The fraction of sp³-hybridized carbons (Fsp3) is 0.900. The van der Waals surface area contributed by atoms with Gasteiger partial charge in [0, 0.05) is 0 Å². The lowest BCUT2D eigenvalue weighted by molar-refractivity contribution is -0.0979. The van der Waals surface area contributed by atoms with E-state index in [0.29, 0.717) is 0 Å². The summed E-state index contributed by atoms with van der Waals surface area (Å²) in [5.41, 5.74) is 0. The van der Waals surface area contributed by atoms with Crippen molar-refractivity contribution in [3.63, 3.8) is 0 Å². The molecule has 0 atom stereocenters. The van der Waals surface area contributed by atoms with Crippen LogP contribution in [0.2, 0.25) is 0 Å². The summed E-state index contributed by atoms with van der Waals surface area (Å²) in [6, 6.07) is 0. The van der Waals surface area contributed by atoms with E-state index in [2.05, 4.69) is 32.8 Å². The van der Waals surface area contributed by atoms with Crippen molar-refractivity contribution in [2.45, 2.75) is 34.1 Å². The van der Waals surface area contributed by atoms with Crippen LogP contribution in [0.1, 0.15) is 34.1 Å². The van der Waals surface area contributed by atoms with Crippen molar-refractivity contribution < 1.29 is 4.79 Å². The first-order chi connectivity index (χ1) is 5.63. The summed E-state index contributed by atoms with van der Waals surface area (Å²) in [6.45, 7) is 11.7. The Morgan fingerprint density at radius 2 is 1.50 bits per heavy atom. The highest BCUT2D eigenvalue weighted by atomic mass is 16.1. The lowest BCUT2D eigenvalue weighted by Crippen LogP contribution is -2.14. The molecule has 0 aliphatic rings. The molecule has 0 N–H and O–H groups in total. The Morgan fingerprint density at radius 3 is 1.58 bits per heavy atom. The maximum atomic E-state index is 8.00. The molecule has 0 radical (unpaired) electrons. The third-order valence-electron chi connectivity index (χ3n) is 1.15. The molecule has 0 aromatic heterocycles. The average Bonchev–Trinajstić information content (AvgIpc) is 2.08. The molecule has 0 fully saturated rings. The number of carbonyl (C=O) groups excluding carboxylic acids is 1. The molecule has 0 saturated heterocycles. The third-order valence-corrected chi connectivity index (χ3v) is 1.15. The molecule has 0 aliphatic heterocycles. The van der Waals surface area contributed by atoms with Crippen LogP contribution >= 0.6 is 0 Å². The zero-order chi connectivity index (χ0) is 10.6. The van der Waals surface area contributed by atoms with Crippen LogP contribution in [0.25, 0.3) is 0 Å². The van der Waals surface area contributed by atoms with Crippen molar-refractivity contribution in [2.24, 2.45) is 5.92 Å². The van der Waals surface area contributed by atoms with Crippen LogP contribution in [0.5, 0.6) is 0 Å². The maximum Gasteiger partial charge on any atom is 0.106 e. The lowest BCUT2D eigenvalue weighted by Gasteiger charge is -2.10. The molecule has 0 aromatic rings. The number of rotatable bonds is 3. The van der Waals surface area contributed by atoms with Gasteiger partial charge in [-0.25, -0.2) is 0 Å². The third kappa shape index (κ3) is 33.5. The van der Waals surface area contributed by atoms with Crippen molar-refractivity contribution in [3.8, 4) is 0 Å². The Kier molecular flexibility index (Phi) is 24.9. The molecule has 0 bridgehead atoms. The molecular formula is C10H25NO. The quantitative estimate of drug-likeness (QED) is 0.656. The highest BCUT2D eigenvalue weighted by Gasteiger charge is 1.93. The first kappa shape index (κ1) is 17.6. The standard InChI is InChI=1S/C7H17N.C2H6.CH2O/c1-7(2)5-6-8(3)4;2*1-2/h7H,5-6H2,1-4H3;1-2H3;1H2. The minimum Gasteiger partial charge on any atom is -0.309 e. The zero-order valence-electron chi connectivity index (χ0n) is 9.55. The van der Waals surface area contributed by atoms with E-state index in [9.17, 15) is 0 Å². The maximum absolute atomic E-state index is 8.00. The first-order valence-corrected chi connectivity index (χ1v) is 4.56. The molecule has 0 aromatic carbocycles. The Hall–Kier alpha value is -0.370. The second-order valence-electron chi connectivity index (χ2n) is 2.99. The zero-order valence-corrected chi connectivity index (χ0v) is 9.55. The molecule has 0 amide bonds. The molecule has 2 nitrogen and oxygen atoms in total. The minimum atomic E-state index is 0.845. The van der Waals surface area contributed by atoms with Gasteiger partial charge in [-0.15, -0.1) is 0 Å². The molecule has 0 spiro atoms. The van der Waals surface area contributed by atoms with Crippen molar-refractivity contribution >= 4 is 6.79 Å². The summed E-state index contributed by atoms with van der Waals surface area (Å²) < 4.78 is 0. The van der Waals surface area contributed by atoms with Crippen LogP contribution in [-0.2, 0) is 4.79 Å². The molecule has 0 heterocycles. The number of hydrogen-bond acceptors (Lipinski definition) is 2. The molecular weight excluding hydrogens is 150 g/mol. The van der Waals surface area contributed by atoms with Gasteiger partial charge in [0.1, 0.15) is 6.79 Å². The molecule has 0 rings (SSSR count). The Balaban J connectivity index is -0.000000175. The van der Waals surface area contributed by atoms with Gasteiger partial charge in [-0.05, 0) is 33.0 Å². The minimum absolute atomic E-state index is 0.845. The summed E-state index contributed by atoms with van der Waals surface area (Å²) >= 11 is 0. The van der Waals surface area contributed by atoms with Gasteiger partial charge in [-0.3, -0.25) is 0 Å². The van der Waals surface area contributed by atoms with Crippen LogP contribution in [-0.4, -0.2) is 32.3 Å². The van der Waals surface area contributed by atoms with Crippen molar-refractivity contribution in [1.82, 2.24) is 4.90 Å². The van der Waals surface area contributed by atoms with Crippen LogP contribution in [0.15, 0.2) is 0 Å². The van der Waals surface area contributed by atoms with E-state index in [1.54, 1.807) is 0 Å². The summed E-state index contributed by atoms with van der Waals surface area (Å²) in [5, 5.41) is 0. The Bertz CT molecular complexity index is 54.9. The van der Waals surface area contributed by atoms with Crippen LogP contribution in [0.3, 0.4) is 0 Å². The second kappa shape index (κ2) is 16.9. The van der Waals surface area contributed by atoms with Gasteiger partial charge in [0.05, 0.1) is 0 Å². The van der Waals surface area contributed by atoms with Gasteiger partial charge in [0.25, 0.3) is 0 Å². The number of carbonyl (C=O) groups is 1. The topological polar surface area (TPSA) is 20.3 Å². The van der Waals surface area contributed by atoms with E-state index >= 15 is 0 Å². The van der Waals surface area contributed by atoms with Crippen LogP contribution in [0.4, 0.5) is 0 Å². The monoisotopic (exact) mass is 175 g/mol. The van der Waals surface area contributed by atoms with Crippen LogP contribution < -0.4 is 0 Å². The van der Waals surface area contributed by atoms with E-state index in [4.69, 9.17) is 4.79 Å². The van der Waals surface area contributed by atoms with Crippen molar-refractivity contribution in [3.05, 3.63) is 0 Å². The van der Waals surface area contributed by atoms with E-state index in [-0.39, 0.29) is 0 Å². The predicted octanol–water partition coefficient (Wildman–Crippen LogP) is 2.44. The van der Waals surface area contributed by atoms with Gasteiger partial charge in [-0.1, -0.05) is 27.7 Å². The summed E-state index contributed by atoms with van der Waals surface area (Å²) in [4.78, 5) is 10.2. The van der Waals surface area contributed by atoms with E-state index in [1.165, 1.54) is 13.0 Å². The second-order valence-corrected chi connectivity index (χ2v) is 2.99. The van der Waals surface area contributed by atoms with E-state index in [1.807, 2.05) is 20.6 Å².